The minimum absolute atomic E-state index is 0.172. The number of halogens is 5. The molecule has 1 aromatic carbocycles. The molecule has 0 aliphatic heterocycles. The minimum Gasteiger partial charge on any atom is -0.287 e. The maximum atomic E-state index is 13.3. The van der Waals surface area contributed by atoms with Crippen LogP contribution in [0.1, 0.15) is 22.1 Å². The molecule has 1 aliphatic carbocycles. The molecule has 0 saturated heterocycles. The molecule has 17 heavy (non-hydrogen) atoms. The molecule has 0 bridgehead atoms. The van der Waals surface area contributed by atoms with Gasteiger partial charge in [0.2, 0.25) is 5.78 Å². The molecule has 0 aromatic heterocycles. The van der Waals surface area contributed by atoms with Crippen molar-refractivity contribution in [2.24, 2.45) is 0 Å². The molecule has 92 valence electrons. The summed E-state index contributed by atoms with van der Waals surface area (Å²) >= 11 is 0.442. The number of thioether (sulfide) groups is 1. The topological polar surface area (TPSA) is 17.1 Å². The van der Waals surface area contributed by atoms with E-state index in [-0.39, 0.29) is 4.90 Å². The van der Waals surface area contributed by atoms with Gasteiger partial charge in [0.05, 0.1) is 0 Å². The van der Waals surface area contributed by atoms with Gasteiger partial charge >= 0.3 is 5.92 Å². The highest BCUT2D eigenvalue weighted by Gasteiger charge is 2.58. The van der Waals surface area contributed by atoms with Crippen LogP contribution in [-0.2, 0) is 0 Å². The summed E-state index contributed by atoms with van der Waals surface area (Å²) in [6, 6.07) is 0.760. The molecule has 2 rings (SSSR count). The van der Waals surface area contributed by atoms with Crippen molar-refractivity contribution in [3.05, 3.63) is 29.1 Å². The van der Waals surface area contributed by atoms with Gasteiger partial charge in [0, 0.05) is 16.0 Å². The van der Waals surface area contributed by atoms with Crippen LogP contribution in [0.5, 0.6) is 0 Å². The zero-order chi connectivity index (χ0) is 12.8. The molecule has 0 spiro atoms. The van der Waals surface area contributed by atoms with Crippen LogP contribution >= 0.6 is 11.8 Å². The zero-order valence-corrected chi connectivity index (χ0v) is 8.96. The number of hydrogen-bond donors (Lipinski definition) is 0. The summed E-state index contributed by atoms with van der Waals surface area (Å²) < 4.78 is 65.0. The normalized spacial score (nSPS) is 21.7. The predicted octanol–water partition coefficient (Wildman–Crippen LogP) is 3.69. The summed E-state index contributed by atoms with van der Waals surface area (Å²) in [6.07, 6.45) is -3.01. The van der Waals surface area contributed by atoms with Crippen LogP contribution in [0.4, 0.5) is 22.0 Å². The Bertz CT molecular complexity index is 488. The maximum Gasteiger partial charge on any atom is 0.344 e. The van der Waals surface area contributed by atoms with E-state index in [2.05, 4.69) is 0 Å². The number of Topliss-reactive ketones (excluding diaryl/α,β-unsaturated/α-hetero) is 1. The Morgan fingerprint density at radius 1 is 1.35 bits per heavy atom. The van der Waals surface area contributed by atoms with E-state index in [9.17, 15) is 26.7 Å². The van der Waals surface area contributed by atoms with Gasteiger partial charge in [-0.05, 0) is 12.1 Å². The van der Waals surface area contributed by atoms with Gasteiger partial charge in [-0.15, -0.1) is 0 Å². The largest absolute Gasteiger partial charge is 0.344 e. The number of rotatable bonds is 2. The third-order valence-corrected chi connectivity index (χ3v) is 3.23. The molecule has 1 aromatic rings. The third kappa shape index (κ3) is 1.64. The number of fused-ring (bicyclic) bond motifs is 1. The molecule has 1 nitrogen and oxygen atoms in total. The molecular weight excluding hydrogens is 263 g/mol. The number of alkyl halides is 4. The Hall–Kier alpha value is -1.11. The van der Waals surface area contributed by atoms with Gasteiger partial charge in [-0.2, -0.15) is 8.78 Å². The van der Waals surface area contributed by atoms with Gasteiger partial charge in [0.25, 0.3) is 0 Å². The fraction of sp³-hybridized carbons (Fsp3) is 0.300. The highest BCUT2D eigenvalue weighted by Crippen LogP contribution is 2.49. The second kappa shape index (κ2) is 3.97. The van der Waals surface area contributed by atoms with E-state index in [0.29, 0.717) is 11.8 Å². The summed E-state index contributed by atoms with van der Waals surface area (Å²) in [5.74, 6) is -7.30. The number of hydrogen-bond acceptors (Lipinski definition) is 2. The smallest absolute Gasteiger partial charge is 0.287 e. The van der Waals surface area contributed by atoms with Crippen molar-refractivity contribution in [2.45, 2.75) is 17.0 Å². The first kappa shape index (κ1) is 12.3. The fourth-order valence-electron chi connectivity index (χ4n) is 1.70. The second-order valence-electron chi connectivity index (χ2n) is 3.40. The van der Waals surface area contributed by atoms with Gasteiger partial charge in [-0.1, -0.05) is 11.8 Å². The Kier molecular flexibility index (Phi) is 2.89. The molecule has 1 aliphatic rings. The molecule has 0 saturated carbocycles. The predicted molar refractivity (Wildman–Crippen MR) is 51.4 cm³/mol. The first-order chi connectivity index (χ1) is 7.91. The van der Waals surface area contributed by atoms with E-state index in [0.717, 1.165) is 12.1 Å². The van der Waals surface area contributed by atoms with Gasteiger partial charge in [-0.25, -0.2) is 13.2 Å². The minimum atomic E-state index is -4.28. The Balaban J connectivity index is 2.67. The van der Waals surface area contributed by atoms with Crippen LogP contribution in [0.25, 0.3) is 0 Å². The van der Waals surface area contributed by atoms with Crippen LogP contribution in [0.3, 0.4) is 0 Å². The molecule has 0 heterocycles. The van der Waals surface area contributed by atoms with Crippen LogP contribution in [0, 0.1) is 5.82 Å². The summed E-state index contributed by atoms with van der Waals surface area (Å²) in [6.45, 7) is 0. The lowest BCUT2D eigenvalue weighted by Gasteiger charge is -2.09. The summed E-state index contributed by atoms with van der Waals surface area (Å²) in [5.41, 5.74) is -1.72. The molecule has 7 heteroatoms. The van der Waals surface area contributed by atoms with Crippen LogP contribution in [-0.4, -0.2) is 17.7 Å². The van der Waals surface area contributed by atoms with E-state index in [1.165, 1.54) is 0 Å². The average molecular weight is 268 g/mol. The second-order valence-corrected chi connectivity index (χ2v) is 4.35. The molecular formula is C10H5F5OS. The van der Waals surface area contributed by atoms with Crippen molar-refractivity contribution in [1.29, 1.82) is 0 Å². The van der Waals surface area contributed by atoms with Crippen LogP contribution in [0.2, 0.25) is 0 Å². The van der Waals surface area contributed by atoms with Crippen molar-refractivity contribution in [3.8, 4) is 0 Å². The van der Waals surface area contributed by atoms with Crippen molar-refractivity contribution in [2.75, 3.05) is 6.01 Å². The van der Waals surface area contributed by atoms with Crippen molar-refractivity contribution in [3.63, 3.8) is 0 Å². The Labute approximate surface area is 97.0 Å². The maximum absolute atomic E-state index is 13.3. The summed E-state index contributed by atoms with van der Waals surface area (Å²) in [5, 5.41) is 0. The van der Waals surface area contributed by atoms with Crippen molar-refractivity contribution in [1.82, 2.24) is 0 Å². The van der Waals surface area contributed by atoms with E-state index < -0.39 is 40.8 Å². The number of carbonyl (C=O) groups excluding carboxylic acids is 1. The van der Waals surface area contributed by atoms with E-state index >= 15 is 0 Å². The number of ketones is 1. The molecule has 0 fully saturated rings. The fourth-order valence-corrected chi connectivity index (χ4v) is 2.33. The monoisotopic (exact) mass is 268 g/mol. The van der Waals surface area contributed by atoms with Crippen LogP contribution < -0.4 is 0 Å². The van der Waals surface area contributed by atoms with Crippen molar-refractivity contribution >= 4 is 17.5 Å². The van der Waals surface area contributed by atoms with Gasteiger partial charge in [0.15, 0.2) is 6.17 Å². The number of benzene rings is 1. The lowest BCUT2D eigenvalue weighted by atomic mass is 10.1. The van der Waals surface area contributed by atoms with E-state index in [1.807, 2.05) is 0 Å². The first-order valence-electron chi connectivity index (χ1n) is 4.49. The first-order valence-corrected chi connectivity index (χ1v) is 5.47. The third-order valence-electron chi connectivity index (χ3n) is 2.47. The highest BCUT2D eigenvalue weighted by molar-refractivity contribution is 7.99. The lowest BCUT2D eigenvalue weighted by molar-refractivity contribution is -0.0372. The standard InChI is InChI=1S/C10H5F5OS/c11-3-17-5-2-1-4(12)6-7(5)9(16)10(14,15)8(6)13/h1-2,8H,3H2/t8-/m1/s1. The highest BCUT2D eigenvalue weighted by atomic mass is 32.2. The molecule has 0 radical (unpaired) electrons. The average Bonchev–Trinajstić information content (AvgIpc) is 2.45. The SMILES string of the molecule is O=C1c2c(SCF)ccc(F)c2[C@@H](F)C1(F)F. The zero-order valence-electron chi connectivity index (χ0n) is 8.15. The summed E-state index contributed by atoms with van der Waals surface area (Å²) in [4.78, 5) is 11.1. The van der Waals surface area contributed by atoms with E-state index in [1.54, 1.807) is 0 Å². The Morgan fingerprint density at radius 2 is 2.00 bits per heavy atom. The molecule has 0 N–H and O–H groups in total. The lowest BCUT2D eigenvalue weighted by Crippen LogP contribution is -2.26. The molecule has 0 amide bonds. The van der Waals surface area contributed by atoms with Crippen molar-refractivity contribution < 1.29 is 26.7 Å². The molecule has 1 atom stereocenters. The Morgan fingerprint density at radius 3 is 2.59 bits per heavy atom. The molecule has 0 unspecified atom stereocenters. The summed E-state index contributed by atoms with van der Waals surface area (Å²) in [7, 11) is 0. The van der Waals surface area contributed by atoms with Crippen LogP contribution in [0.15, 0.2) is 17.0 Å². The number of carbonyl (C=O) groups is 1. The van der Waals surface area contributed by atoms with E-state index in [4.69, 9.17) is 0 Å². The van der Waals surface area contributed by atoms with Gasteiger partial charge in [-0.3, -0.25) is 4.79 Å². The quantitative estimate of drug-likeness (QED) is 0.601. The van der Waals surface area contributed by atoms with Gasteiger partial charge in [0.1, 0.15) is 11.8 Å². The van der Waals surface area contributed by atoms with Gasteiger partial charge < -0.3 is 0 Å².